The first-order chi connectivity index (χ1) is 18.1. The van der Waals surface area contributed by atoms with Crippen molar-refractivity contribution in [1.82, 2.24) is 0 Å². The minimum Gasteiger partial charge on any atom is -0.493 e. The smallest absolute Gasteiger partial charge is 0.416 e. The number of hydrogen-bond donors (Lipinski definition) is 0. The zero-order valence-electron chi connectivity index (χ0n) is 21.7. The van der Waals surface area contributed by atoms with E-state index in [-0.39, 0.29) is 23.4 Å². The molecule has 3 aromatic rings. The number of carbonyl (C=O) groups is 1. The van der Waals surface area contributed by atoms with Crippen LogP contribution in [0.1, 0.15) is 50.3 Å². The van der Waals surface area contributed by atoms with Gasteiger partial charge in [-0.2, -0.15) is 13.2 Å². The van der Waals surface area contributed by atoms with E-state index in [9.17, 15) is 22.4 Å². The fourth-order valence-electron chi connectivity index (χ4n) is 4.04. The summed E-state index contributed by atoms with van der Waals surface area (Å²) in [7, 11) is 0. The lowest BCUT2D eigenvalue weighted by molar-refractivity contribution is -0.143. The van der Waals surface area contributed by atoms with Crippen LogP contribution in [0.25, 0.3) is 11.1 Å². The summed E-state index contributed by atoms with van der Waals surface area (Å²) in [6.07, 6.45) is -2.76. The number of esters is 1. The molecule has 0 heterocycles. The Balaban J connectivity index is 1.64. The van der Waals surface area contributed by atoms with Gasteiger partial charge in [0.05, 0.1) is 24.9 Å². The molecule has 4 nitrogen and oxygen atoms in total. The lowest BCUT2D eigenvalue weighted by atomic mass is 10.0. The van der Waals surface area contributed by atoms with Crippen molar-refractivity contribution in [2.24, 2.45) is 0 Å². The maximum Gasteiger partial charge on any atom is 0.416 e. The molecule has 3 aromatic carbocycles. The average Bonchev–Trinajstić information content (AvgIpc) is 2.87. The SMILES string of the molecule is CCOC(=O)CCc1ccc(OCCC(C)Oc2ccc(C(F)(F)F)cc2-c2cccc(F)c2)cc1CC. The van der Waals surface area contributed by atoms with E-state index in [1.807, 2.05) is 25.1 Å². The molecule has 0 aliphatic rings. The summed E-state index contributed by atoms with van der Waals surface area (Å²) in [5, 5.41) is 0. The van der Waals surface area contributed by atoms with E-state index in [2.05, 4.69) is 0 Å². The summed E-state index contributed by atoms with van der Waals surface area (Å²) in [4.78, 5) is 11.7. The molecule has 0 bridgehead atoms. The Morgan fingerprint density at radius 1 is 0.974 bits per heavy atom. The van der Waals surface area contributed by atoms with Gasteiger partial charge in [0.15, 0.2) is 0 Å². The number of benzene rings is 3. The van der Waals surface area contributed by atoms with E-state index >= 15 is 0 Å². The van der Waals surface area contributed by atoms with E-state index in [4.69, 9.17) is 14.2 Å². The van der Waals surface area contributed by atoms with Gasteiger partial charge in [0, 0.05) is 18.4 Å². The minimum atomic E-state index is -4.54. The fourth-order valence-corrected chi connectivity index (χ4v) is 4.04. The van der Waals surface area contributed by atoms with Crippen molar-refractivity contribution in [3.63, 3.8) is 0 Å². The molecule has 0 saturated heterocycles. The number of carbonyl (C=O) groups excluding carboxylic acids is 1. The van der Waals surface area contributed by atoms with Gasteiger partial charge in [-0.25, -0.2) is 4.39 Å². The van der Waals surface area contributed by atoms with Gasteiger partial charge in [0.1, 0.15) is 17.3 Å². The fraction of sp³-hybridized carbons (Fsp3) is 0.367. The highest BCUT2D eigenvalue weighted by Crippen LogP contribution is 2.38. The summed E-state index contributed by atoms with van der Waals surface area (Å²) in [6, 6.07) is 14.3. The van der Waals surface area contributed by atoms with Crippen LogP contribution in [0.4, 0.5) is 17.6 Å². The predicted molar refractivity (Wildman–Crippen MR) is 138 cm³/mol. The number of hydrogen-bond acceptors (Lipinski definition) is 4. The van der Waals surface area contributed by atoms with Crippen LogP contribution in [0.5, 0.6) is 11.5 Å². The molecule has 0 aromatic heterocycles. The first kappa shape index (κ1) is 29.0. The van der Waals surface area contributed by atoms with Crippen molar-refractivity contribution in [3.8, 4) is 22.6 Å². The summed E-state index contributed by atoms with van der Waals surface area (Å²) >= 11 is 0. The van der Waals surface area contributed by atoms with Crippen molar-refractivity contribution >= 4 is 5.97 Å². The van der Waals surface area contributed by atoms with Gasteiger partial charge in [-0.1, -0.05) is 25.1 Å². The van der Waals surface area contributed by atoms with Crippen molar-refractivity contribution in [1.29, 1.82) is 0 Å². The molecule has 0 radical (unpaired) electrons. The van der Waals surface area contributed by atoms with E-state index in [1.165, 1.54) is 24.3 Å². The van der Waals surface area contributed by atoms with Gasteiger partial charge in [-0.15, -0.1) is 0 Å². The molecule has 0 N–H and O–H groups in total. The average molecular weight is 533 g/mol. The van der Waals surface area contributed by atoms with Crippen LogP contribution >= 0.6 is 0 Å². The van der Waals surface area contributed by atoms with E-state index in [1.54, 1.807) is 19.9 Å². The summed E-state index contributed by atoms with van der Waals surface area (Å²) in [6.45, 7) is 6.29. The Morgan fingerprint density at radius 3 is 2.45 bits per heavy atom. The topological polar surface area (TPSA) is 44.8 Å². The Morgan fingerprint density at radius 2 is 1.76 bits per heavy atom. The molecular weight excluding hydrogens is 500 g/mol. The largest absolute Gasteiger partial charge is 0.493 e. The number of rotatable bonds is 12. The third kappa shape index (κ3) is 8.23. The third-order valence-electron chi connectivity index (χ3n) is 6.03. The van der Waals surface area contributed by atoms with Crippen LogP contribution < -0.4 is 9.47 Å². The zero-order chi connectivity index (χ0) is 27.7. The second-order valence-electron chi connectivity index (χ2n) is 8.87. The molecular formula is C30H32F4O4. The number of halogens is 4. The van der Waals surface area contributed by atoms with Crippen LogP contribution in [0.2, 0.25) is 0 Å². The minimum absolute atomic E-state index is 0.165. The summed E-state index contributed by atoms with van der Waals surface area (Å²) < 4.78 is 70.6. The van der Waals surface area contributed by atoms with Gasteiger partial charge < -0.3 is 14.2 Å². The monoisotopic (exact) mass is 532 g/mol. The first-order valence-corrected chi connectivity index (χ1v) is 12.6. The molecule has 0 aliphatic heterocycles. The van der Waals surface area contributed by atoms with Gasteiger partial charge >= 0.3 is 12.1 Å². The summed E-state index contributed by atoms with van der Waals surface area (Å²) in [5.74, 6) is 0.141. The van der Waals surface area contributed by atoms with Gasteiger partial charge in [-0.3, -0.25) is 4.79 Å². The molecule has 0 fully saturated rings. The maximum absolute atomic E-state index is 13.8. The van der Waals surface area contributed by atoms with Gasteiger partial charge in [-0.05, 0) is 85.8 Å². The molecule has 0 spiro atoms. The van der Waals surface area contributed by atoms with Crippen LogP contribution in [0.15, 0.2) is 60.7 Å². The Bertz CT molecular complexity index is 1220. The zero-order valence-corrected chi connectivity index (χ0v) is 21.7. The highest BCUT2D eigenvalue weighted by atomic mass is 19.4. The Hall–Kier alpha value is -3.55. The molecule has 38 heavy (non-hydrogen) atoms. The van der Waals surface area contributed by atoms with E-state index in [0.29, 0.717) is 43.8 Å². The maximum atomic E-state index is 13.8. The number of alkyl halides is 3. The molecule has 8 heteroatoms. The number of aryl methyl sites for hydroxylation is 2. The molecule has 0 aliphatic carbocycles. The van der Waals surface area contributed by atoms with E-state index < -0.39 is 17.6 Å². The van der Waals surface area contributed by atoms with Crippen LogP contribution in [-0.2, 0) is 28.5 Å². The lowest BCUT2D eigenvalue weighted by Gasteiger charge is -2.19. The second-order valence-corrected chi connectivity index (χ2v) is 8.87. The van der Waals surface area contributed by atoms with Gasteiger partial charge in [0.2, 0.25) is 0 Å². The molecule has 0 saturated carbocycles. The van der Waals surface area contributed by atoms with Crippen LogP contribution in [0, 0.1) is 5.82 Å². The third-order valence-corrected chi connectivity index (χ3v) is 6.03. The Kier molecular flexibility index (Phi) is 10.2. The standard InChI is InChI=1S/C30H32F4O4/c1-4-21-18-26(12-9-22(21)10-14-29(35)36-5-2)37-16-15-20(3)38-28-13-11-24(30(32,33)34)19-27(28)23-7-6-8-25(31)17-23/h6-9,11-13,17-20H,4-5,10,14-16H2,1-3H3. The highest BCUT2D eigenvalue weighted by molar-refractivity contribution is 5.71. The molecule has 0 amide bonds. The van der Waals surface area contributed by atoms with Crippen LogP contribution in [0.3, 0.4) is 0 Å². The summed E-state index contributed by atoms with van der Waals surface area (Å²) in [5.41, 5.74) is 1.78. The molecule has 3 rings (SSSR count). The second kappa shape index (κ2) is 13.3. The highest BCUT2D eigenvalue weighted by Gasteiger charge is 2.31. The van der Waals surface area contributed by atoms with Gasteiger partial charge in [0.25, 0.3) is 0 Å². The van der Waals surface area contributed by atoms with Crippen LogP contribution in [-0.4, -0.2) is 25.3 Å². The molecule has 1 atom stereocenters. The van der Waals surface area contributed by atoms with E-state index in [0.717, 1.165) is 29.7 Å². The lowest BCUT2D eigenvalue weighted by Crippen LogP contribution is -2.16. The quantitative estimate of drug-likeness (QED) is 0.176. The molecule has 204 valence electrons. The molecule has 1 unspecified atom stereocenters. The van der Waals surface area contributed by atoms with Crippen molar-refractivity contribution < 1.29 is 36.6 Å². The van der Waals surface area contributed by atoms with Crippen molar-refractivity contribution in [3.05, 3.63) is 83.2 Å². The number of ether oxygens (including phenoxy) is 3. The Labute approximate surface area is 220 Å². The van der Waals surface area contributed by atoms with Crippen molar-refractivity contribution in [2.75, 3.05) is 13.2 Å². The normalized spacial score (nSPS) is 12.2. The predicted octanol–water partition coefficient (Wildman–Crippen LogP) is 7.81. The first-order valence-electron chi connectivity index (χ1n) is 12.6. The van der Waals surface area contributed by atoms with Crippen molar-refractivity contribution in [2.45, 2.75) is 58.7 Å².